The van der Waals surface area contributed by atoms with Crippen molar-refractivity contribution in [3.05, 3.63) is 69.9 Å². The summed E-state index contributed by atoms with van der Waals surface area (Å²) in [6, 6.07) is 10.7. The highest BCUT2D eigenvalue weighted by atomic mass is 32.2. The Morgan fingerprint density at radius 1 is 1.12 bits per heavy atom. The minimum atomic E-state index is -3.83. The standard InChI is InChI=1S/C20H18FN3O6S2/c1-12-19(31-18(23-12)11-29-15-6-2-13(21)3-7-15)20(26)30-10-17(25)24-14-4-8-16(9-5-14)32(22,27)28/h2-9H,10-11H2,1H3,(H,24,25)(H2,22,27,28). The van der Waals surface area contributed by atoms with Gasteiger partial charge in [-0.3, -0.25) is 4.79 Å². The van der Waals surface area contributed by atoms with Crippen LogP contribution in [-0.4, -0.2) is 31.9 Å². The molecule has 0 spiro atoms. The average molecular weight is 480 g/mol. The molecule has 9 nitrogen and oxygen atoms in total. The number of sulfonamides is 1. The van der Waals surface area contributed by atoms with Crippen LogP contribution in [0, 0.1) is 12.7 Å². The predicted molar refractivity (Wildman–Crippen MR) is 114 cm³/mol. The zero-order valence-electron chi connectivity index (χ0n) is 16.7. The highest BCUT2D eigenvalue weighted by molar-refractivity contribution is 7.89. The molecule has 0 aliphatic rings. The van der Waals surface area contributed by atoms with E-state index < -0.39 is 28.5 Å². The van der Waals surface area contributed by atoms with Crippen LogP contribution in [0.15, 0.2) is 53.4 Å². The summed E-state index contributed by atoms with van der Waals surface area (Å²) in [5.41, 5.74) is 0.740. The van der Waals surface area contributed by atoms with Crippen LogP contribution in [0.4, 0.5) is 10.1 Å². The molecule has 12 heteroatoms. The Morgan fingerprint density at radius 2 is 1.78 bits per heavy atom. The van der Waals surface area contributed by atoms with Crippen molar-refractivity contribution in [3.63, 3.8) is 0 Å². The Kier molecular flexibility index (Phi) is 7.18. The van der Waals surface area contributed by atoms with Gasteiger partial charge in [-0.05, 0) is 55.5 Å². The van der Waals surface area contributed by atoms with E-state index in [4.69, 9.17) is 14.6 Å². The van der Waals surface area contributed by atoms with Gasteiger partial charge < -0.3 is 14.8 Å². The fourth-order valence-electron chi connectivity index (χ4n) is 2.50. The number of aromatic nitrogens is 1. The fraction of sp³-hybridized carbons (Fsp3) is 0.150. The number of anilines is 1. The number of amides is 1. The number of rotatable bonds is 8. The lowest BCUT2D eigenvalue weighted by atomic mass is 10.3. The van der Waals surface area contributed by atoms with Gasteiger partial charge in [0, 0.05) is 5.69 Å². The van der Waals surface area contributed by atoms with E-state index in [-0.39, 0.29) is 22.2 Å². The van der Waals surface area contributed by atoms with Gasteiger partial charge in [-0.2, -0.15) is 0 Å². The van der Waals surface area contributed by atoms with E-state index in [0.29, 0.717) is 22.1 Å². The summed E-state index contributed by atoms with van der Waals surface area (Å²) >= 11 is 1.06. The van der Waals surface area contributed by atoms with E-state index in [0.717, 1.165) is 11.3 Å². The third-order valence-corrected chi connectivity index (χ3v) is 6.04. The second-order valence-corrected chi connectivity index (χ2v) is 9.10. The van der Waals surface area contributed by atoms with Gasteiger partial charge in [0.1, 0.15) is 28.1 Å². The molecule has 1 amide bonds. The molecule has 1 heterocycles. The van der Waals surface area contributed by atoms with Crippen molar-refractivity contribution in [2.24, 2.45) is 5.14 Å². The van der Waals surface area contributed by atoms with Gasteiger partial charge in [-0.25, -0.2) is 27.7 Å². The fourth-order valence-corrected chi connectivity index (χ4v) is 3.89. The molecule has 0 radical (unpaired) electrons. The van der Waals surface area contributed by atoms with Crippen molar-refractivity contribution in [2.75, 3.05) is 11.9 Å². The SMILES string of the molecule is Cc1nc(COc2ccc(F)cc2)sc1C(=O)OCC(=O)Nc1ccc(S(N)(=O)=O)cc1. The number of nitrogens with zero attached hydrogens (tertiary/aromatic N) is 1. The topological polar surface area (TPSA) is 138 Å². The first-order valence-electron chi connectivity index (χ1n) is 9.06. The molecule has 0 atom stereocenters. The smallest absolute Gasteiger partial charge is 0.350 e. The summed E-state index contributed by atoms with van der Waals surface area (Å²) in [6.07, 6.45) is 0. The van der Waals surface area contributed by atoms with Crippen molar-refractivity contribution >= 4 is 38.9 Å². The van der Waals surface area contributed by atoms with Crippen molar-refractivity contribution in [1.82, 2.24) is 4.98 Å². The molecule has 32 heavy (non-hydrogen) atoms. The molecule has 3 aromatic rings. The van der Waals surface area contributed by atoms with E-state index in [1.165, 1.54) is 48.5 Å². The highest BCUT2D eigenvalue weighted by Crippen LogP contribution is 2.21. The second kappa shape index (κ2) is 9.85. The number of nitrogens with one attached hydrogen (secondary N) is 1. The molecule has 0 aliphatic heterocycles. The van der Waals surface area contributed by atoms with Gasteiger partial charge in [-0.15, -0.1) is 11.3 Å². The van der Waals surface area contributed by atoms with Gasteiger partial charge in [0.2, 0.25) is 10.0 Å². The molecule has 1 aromatic heterocycles. The molecule has 0 fully saturated rings. The van der Waals surface area contributed by atoms with E-state index >= 15 is 0 Å². The molecule has 0 aliphatic carbocycles. The van der Waals surface area contributed by atoms with Gasteiger partial charge >= 0.3 is 5.97 Å². The maximum Gasteiger partial charge on any atom is 0.350 e. The van der Waals surface area contributed by atoms with Crippen LogP contribution in [-0.2, 0) is 26.2 Å². The van der Waals surface area contributed by atoms with Crippen LogP contribution < -0.4 is 15.2 Å². The number of hydrogen-bond donors (Lipinski definition) is 2. The minimum absolute atomic E-state index is 0.0828. The highest BCUT2D eigenvalue weighted by Gasteiger charge is 2.18. The summed E-state index contributed by atoms with van der Waals surface area (Å²) in [7, 11) is -3.83. The largest absolute Gasteiger partial charge is 0.486 e. The molecule has 168 valence electrons. The molecule has 3 rings (SSSR count). The Labute approximate surface area is 187 Å². The zero-order chi connectivity index (χ0) is 23.3. The average Bonchev–Trinajstić information content (AvgIpc) is 3.12. The van der Waals surface area contributed by atoms with E-state index in [1.54, 1.807) is 6.92 Å². The summed E-state index contributed by atoms with van der Waals surface area (Å²) < 4.78 is 46.0. The maximum absolute atomic E-state index is 12.9. The molecule has 0 saturated carbocycles. The number of thiazole rings is 1. The summed E-state index contributed by atoms with van der Waals surface area (Å²) in [5.74, 6) is -1.24. The number of aryl methyl sites for hydroxylation is 1. The van der Waals surface area contributed by atoms with Crippen molar-refractivity contribution in [3.8, 4) is 5.75 Å². The first-order valence-corrected chi connectivity index (χ1v) is 11.4. The summed E-state index contributed by atoms with van der Waals surface area (Å²) in [6.45, 7) is 1.16. The van der Waals surface area contributed by atoms with Crippen molar-refractivity contribution in [2.45, 2.75) is 18.4 Å². The first kappa shape index (κ1) is 23.3. The maximum atomic E-state index is 12.9. The number of hydrogen-bond acceptors (Lipinski definition) is 8. The molecule has 0 unspecified atom stereocenters. The lowest BCUT2D eigenvalue weighted by Crippen LogP contribution is -2.21. The number of carbonyl (C=O) groups excluding carboxylic acids is 2. The van der Waals surface area contributed by atoms with Gasteiger partial charge in [0.25, 0.3) is 5.91 Å². The van der Waals surface area contributed by atoms with Crippen molar-refractivity contribution < 1.29 is 31.9 Å². The van der Waals surface area contributed by atoms with Gasteiger partial charge in [0.05, 0.1) is 10.6 Å². The van der Waals surface area contributed by atoms with Gasteiger partial charge in [0.15, 0.2) is 6.61 Å². The third-order valence-electron chi connectivity index (χ3n) is 4.00. The third kappa shape index (κ3) is 6.33. The van der Waals surface area contributed by atoms with Crippen LogP contribution in [0.2, 0.25) is 0 Å². The molecule has 3 N–H and O–H groups in total. The Hall–Kier alpha value is -3.35. The number of primary sulfonamides is 1. The lowest BCUT2D eigenvalue weighted by molar-refractivity contribution is -0.119. The van der Waals surface area contributed by atoms with Crippen LogP contribution in [0.3, 0.4) is 0 Å². The molecular formula is C20H18FN3O6S2. The molecule has 0 saturated heterocycles. The summed E-state index contributed by atoms with van der Waals surface area (Å²) in [5, 5.41) is 8.01. The molecular weight excluding hydrogens is 461 g/mol. The number of benzene rings is 2. The van der Waals surface area contributed by atoms with E-state index in [9.17, 15) is 22.4 Å². The molecule has 0 bridgehead atoms. The Morgan fingerprint density at radius 3 is 2.41 bits per heavy atom. The quantitative estimate of drug-likeness (QED) is 0.474. The normalized spacial score (nSPS) is 11.1. The number of halogens is 1. The molecule has 2 aromatic carbocycles. The number of esters is 1. The predicted octanol–water partition coefficient (Wildman–Crippen LogP) is 2.61. The van der Waals surface area contributed by atoms with Crippen LogP contribution in [0.5, 0.6) is 5.75 Å². The van der Waals surface area contributed by atoms with Gasteiger partial charge in [-0.1, -0.05) is 0 Å². The minimum Gasteiger partial charge on any atom is -0.486 e. The van der Waals surface area contributed by atoms with E-state index in [2.05, 4.69) is 10.3 Å². The lowest BCUT2D eigenvalue weighted by Gasteiger charge is -2.07. The second-order valence-electron chi connectivity index (χ2n) is 6.46. The zero-order valence-corrected chi connectivity index (χ0v) is 18.3. The van der Waals surface area contributed by atoms with Crippen LogP contribution >= 0.6 is 11.3 Å². The van der Waals surface area contributed by atoms with Crippen LogP contribution in [0.25, 0.3) is 0 Å². The number of nitrogens with two attached hydrogens (primary N) is 1. The first-order chi connectivity index (χ1) is 15.1. The van der Waals surface area contributed by atoms with Crippen LogP contribution in [0.1, 0.15) is 20.4 Å². The number of ether oxygens (including phenoxy) is 2. The Bertz CT molecular complexity index is 1230. The number of carbonyl (C=O) groups is 2. The Balaban J connectivity index is 1.52. The van der Waals surface area contributed by atoms with Crippen molar-refractivity contribution in [1.29, 1.82) is 0 Å². The van der Waals surface area contributed by atoms with E-state index in [1.807, 2.05) is 0 Å². The monoisotopic (exact) mass is 479 g/mol. The summed E-state index contributed by atoms with van der Waals surface area (Å²) in [4.78, 5) is 28.7.